The maximum atomic E-state index is 4.34. The molecule has 1 fully saturated rings. The van der Waals surface area contributed by atoms with Crippen molar-refractivity contribution < 1.29 is 0 Å². The zero-order valence-corrected chi connectivity index (χ0v) is 12.9. The van der Waals surface area contributed by atoms with Crippen LogP contribution in [0.1, 0.15) is 29.0 Å². The maximum absolute atomic E-state index is 4.34. The van der Waals surface area contributed by atoms with Crippen molar-refractivity contribution >= 4 is 5.95 Å². The number of benzene rings is 1. The van der Waals surface area contributed by atoms with Crippen molar-refractivity contribution in [2.45, 2.75) is 31.8 Å². The van der Waals surface area contributed by atoms with Gasteiger partial charge in [-0.1, -0.05) is 24.3 Å². The van der Waals surface area contributed by atoms with Crippen molar-refractivity contribution in [2.24, 2.45) is 0 Å². The number of nitrogens with one attached hydrogen (secondary N) is 1. The van der Waals surface area contributed by atoms with Crippen molar-refractivity contribution in [1.82, 2.24) is 15.3 Å². The van der Waals surface area contributed by atoms with Gasteiger partial charge < -0.3 is 10.2 Å². The Morgan fingerprint density at radius 1 is 1.19 bits per heavy atom. The summed E-state index contributed by atoms with van der Waals surface area (Å²) in [4.78, 5) is 10.6. The lowest BCUT2D eigenvalue weighted by Gasteiger charge is -2.10. The largest absolute Gasteiger partial charge is 0.347 e. The highest BCUT2D eigenvalue weighted by atomic mass is 15.2. The molecule has 0 unspecified atom stereocenters. The quantitative estimate of drug-likeness (QED) is 0.915. The number of anilines is 1. The first kappa shape index (κ1) is 14.0. The number of hydrogen-bond acceptors (Lipinski definition) is 4. The molecule has 2 atom stereocenters. The van der Waals surface area contributed by atoms with Crippen molar-refractivity contribution in [1.29, 1.82) is 0 Å². The third kappa shape index (κ3) is 3.22. The lowest BCUT2D eigenvalue weighted by molar-refractivity contribution is 0.668. The van der Waals surface area contributed by atoms with Gasteiger partial charge in [0.25, 0.3) is 0 Å². The van der Waals surface area contributed by atoms with Crippen molar-refractivity contribution in [3.63, 3.8) is 0 Å². The summed E-state index contributed by atoms with van der Waals surface area (Å²) in [5, 5.41) is 3.60. The lowest BCUT2D eigenvalue weighted by Crippen LogP contribution is -2.18. The summed E-state index contributed by atoms with van der Waals surface area (Å²) < 4.78 is 0. The minimum Gasteiger partial charge on any atom is -0.347 e. The zero-order valence-electron chi connectivity index (χ0n) is 12.9. The highest BCUT2D eigenvalue weighted by Gasteiger charge is 2.38. The molecular formula is C17H22N4. The van der Waals surface area contributed by atoms with Gasteiger partial charge in [0.2, 0.25) is 5.95 Å². The van der Waals surface area contributed by atoms with Crippen LogP contribution in [0.15, 0.2) is 36.7 Å². The summed E-state index contributed by atoms with van der Waals surface area (Å²) >= 11 is 0. The van der Waals surface area contributed by atoms with Crippen LogP contribution >= 0.6 is 0 Å². The Balaban J connectivity index is 1.54. The third-order valence-corrected chi connectivity index (χ3v) is 4.04. The van der Waals surface area contributed by atoms with Crippen LogP contribution in [0.25, 0.3) is 0 Å². The molecule has 1 saturated carbocycles. The SMILES string of the molecule is Cc1ccccc1[C@@H]1C[C@H]1NCc1cnc(N(C)C)nc1. The van der Waals surface area contributed by atoms with E-state index in [-0.39, 0.29) is 0 Å². The van der Waals surface area contributed by atoms with Gasteiger partial charge >= 0.3 is 0 Å². The van der Waals surface area contributed by atoms with Gasteiger partial charge in [-0.15, -0.1) is 0 Å². The minimum atomic E-state index is 0.583. The highest BCUT2D eigenvalue weighted by molar-refractivity contribution is 5.35. The number of aromatic nitrogens is 2. The first-order valence-corrected chi connectivity index (χ1v) is 7.42. The molecule has 0 saturated heterocycles. The second-order valence-electron chi connectivity index (χ2n) is 5.97. The highest BCUT2D eigenvalue weighted by Crippen LogP contribution is 2.42. The summed E-state index contributed by atoms with van der Waals surface area (Å²) in [6.07, 6.45) is 5.03. The van der Waals surface area contributed by atoms with E-state index in [0.29, 0.717) is 12.0 Å². The van der Waals surface area contributed by atoms with Gasteiger partial charge in [0.1, 0.15) is 0 Å². The van der Waals surface area contributed by atoms with Crippen molar-refractivity contribution in [3.8, 4) is 0 Å². The summed E-state index contributed by atoms with van der Waals surface area (Å²) in [6.45, 7) is 3.03. The Morgan fingerprint density at radius 3 is 2.57 bits per heavy atom. The summed E-state index contributed by atoms with van der Waals surface area (Å²) in [5.41, 5.74) is 4.01. The predicted molar refractivity (Wildman–Crippen MR) is 85.5 cm³/mol. The second kappa shape index (κ2) is 5.82. The summed E-state index contributed by atoms with van der Waals surface area (Å²) in [7, 11) is 3.90. The van der Waals surface area contributed by atoms with Gasteiger partial charge in [-0.3, -0.25) is 0 Å². The zero-order chi connectivity index (χ0) is 14.8. The molecule has 0 bridgehead atoms. The maximum Gasteiger partial charge on any atom is 0.224 e. The molecule has 2 aromatic rings. The minimum absolute atomic E-state index is 0.583. The molecule has 0 spiro atoms. The molecule has 4 heteroatoms. The van der Waals surface area contributed by atoms with E-state index in [1.54, 1.807) is 0 Å². The van der Waals surface area contributed by atoms with Crippen LogP contribution < -0.4 is 10.2 Å². The van der Waals surface area contributed by atoms with Gasteiger partial charge in [-0.05, 0) is 24.5 Å². The van der Waals surface area contributed by atoms with E-state index >= 15 is 0 Å². The van der Waals surface area contributed by atoms with Gasteiger partial charge in [0, 0.05) is 50.6 Å². The van der Waals surface area contributed by atoms with E-state index in [4.69, 9.17) is 0 Å². The van der Waals surface area contributed by atoms with Crippen LogP contribution in [0.2, 0.25) is 0 Å². The topological polar surface area (TPSA) is 41.1 Å². The molecule has 1 aliphatic rings. The van der Waals surface area contributed by atoms with Gasteiger partial charge in [-0.25, -0.2) is 9.97 Å². The fourth-order valence-electron chi connectivity index (χ4n) is 2.69. The molecule has 1 aliphatic carbocycles. The van der Waals surface area contributed by atoms with E-state index in [1.165, 1.54) is 17.5 Å². The molecule has 0 radical (unpaired) electrons. The number of aryl methyl sites for hydroxylation is 1. The number of nitrogens with zero attached hydrogens (tertiary/aromatic N) is 3. The average molecular weight is 282 g/mol. The Bertz CT molecular complexity index is 606. The average Bonchev–Trinajstić information content (AvgIpc) is 3.25. The molecule has 1 N–H and O–H groups in total. The van der Waals surface area contributed by atoms with Gasteiger partial charge in [-0.2, -0.15) is 0 Å². The van der Waals surface area contributed by atoms with E-state index in [1.807, 2.05) is 31.4 Å². The predicted octanol–water partition coefficient (Wildman–Crippen LogP) is 2.50. The third-order valence-electron chi connectivity index (χ3n) is 4.04. The Labute approximate surface area is 126 Å². The second-order valence-corrected chi connectivity index (χ2v) is 5.97. The van der Waals surface area contributed by atoms with Crippen LogP contribution in [0.4, 0.5) is 5.95 Å². The Kier molecular flexibility index (Phi) is 3.88. The standard InChI is InChI=1S/C17H22N4/c1-12-6-4-5-7-14(12)15-8-16(15)18-9-13-10-19-17(20-11-13)21(2)3/h4-7,10-11,15-16,18H,8-9H2,1-3H3/t15-,16+/m0/s1. The van der Waals surface area contributed by atoms with E-state index in [9.17, 15) is 0 Å². The Hall–Kier alpha value is -1.94. The molecular weight excluding hydrogens is 260 g/mol. The smallest absolute Gasteiger partial charge is 0.224 e. The van der Waals surface area contributed by atoms with Crippen LogP contribution in [-0.2, 0) is 6.54 Å². The fourth-order valence-corrected chi connectivity index (χ4v) is 2.69. The van der Waals surface area contributed by atoms with E-state index in [2.05, 4.69) is 46.5 Å². The number of hydrogen-bond donors (Lipinski definition) is 1. The van der Waals surface area contributed by atoms with Crippen LogP contribution in [0.3, 0.4) is 0 Å². The molecule has 0 aliphatic heterocycles. The van der Waals surface area contributed by atoms with Crippen LogP contribution in [0.5, 0.6) is 0 Å². The first-order chi connectivity index (χ1) is 10.1. The molecule has 110 valence electrons. The van der Waals surface area contributed by atoms with Crippen molar-refractivity contribution in [3.05, 3.63) is 53.3 Å². The van der Waals surface area contributed by atoms with Gasteiger partial charge in [0.15, 0.2) is 0 Å². The van der Waals surface area contributed by atoms with E-state index in [0.717, 1.165) is 18.1 Å². The lowest BCUT2D eigenvalue weighted by atomic mass is 10.0. The molecule has 21 heavy (non-hydrogen) atoms. The normalized spacial score (nSPS) is 20.3. The summed E-state index contributed by atoms with van der Waals surface area (Å²) in [5.74, 6) is 1.41. The molecule has 4 nitrogen and oxygen atoms in total. The molecule has 1 aromatic heterocycles. The monoisotopic (exact) mass is 282 g/mol. The molecule has 1 heterocycles. The Morgan fingerprint density at radius 2 is 1.90 bits per heavy atom. The number of rotatable bonds is 5. The summed E-state index contributed by atoms with van der Waals surface area (Å²) in [6, 6.07) is 9.26. The molecule has 3 rings (SSSR count). The van der Waals surface area contributed by atoms with Crippen molar-refractivity contribution in [2.75, 3.05) is 19.0 Å². The molecule has 0 amide bonds. The van der Waals surface area contributed by atoms with Crippen LogP contribution in [0, 0.1) is 6.92 Å². The fraction of sp³-hybridized carbons (Fsp3) is 0.412. The first-order valence-electron chi connectivity index (χ1n) is 7.42. The van der Waals surface area contributed by atoms with Crippen LogP contribution in [-0.4, -0.2) is 30.1 Å². The molecule has 1 aromatic carbocycles. The van der Waals surface area contributed by atoms with E-state index < -0.39 is 0 Å². The van der Waals surface area contributed by atoms with Gasteiger partial charge in [0.05, 0.1) is 0 Å².